The zero-order valence-corrected chi connectivity index (χ0v) is 16.0. The van der Waals surface area contributed by atoms with E-state index in [0.29, 0.717) is 22.9 Å². The number of aliphatic imine (C=N–C) groups is 1. The molecule has 0 amide bonds. The monoisotopic (exact) mass is 370 g/mol. The fourth-order valence-electron chi connectivity index (χ4n) is 2.92. The highest BCUT2D eigenvalue weighted by Gasteiger charge is 2.39. The molecule has 0 radical (unpaired) electrons. The molecule has 0 aromatic heterocycles. The molecular weight excluding hydrogens is 348 g/mol. The molecule has 1 heterocycles. The van der Waals surface area contributed by atoms with Crippen LogP contribution in [0.1, 0.15) is 25.3 Å². The van der Waals surface area contributed by atoms with E-state index in [0.717, 1.165) is 11.3 Å². The van der Waals surface area contributed by atoms with Gasteiger partial charge in [0.05, 0.1) is 23.3 Å². The summed E-state index contributed by atoms with van der Waals surface area (Å²) in [5.41, 5.74) is 1.85. The minimum atomic E-state index is -0.544. The summed E-state index contributed by atoms with van der Waals surface area (Å²) in [4.78, 5) is 17.1. The second kappa shape index (κ2) is 9.25. The number of nitriles is 1. The Bertz CT molecular complexity index is 775. The van der Waals surface area contributed by atoms with Crippen LogP contribution in [0.25, 0.3) is 0 Å². The third-order valence-corrected chi connectivity index (χ3v) is 4.79. The first-order valence-electron chi connectivity index (χ1n) is 8.31. The minimum Gasteiger partial charge on any atom is -0.494 e. The molecule has 0 saturated heterocycles. The minimum absolute atomic E-state index is 0.113. The molecule has 1 aromatic carbocycles. The maximum Gasteiger partial charge on any atom is 0.336 e. The molecule has 1 aliphatic heterocycles. The third kappa shape index (κ3) is 4.17. The lowest BCUT2D eigenvalue weighted by molar-refractivity contribution is -0.138. The molecule has 136 valence electrons. The van der Waals surface area contributed by atoms with Crippen molar-refractivity contribution in [2.75, 3.05) is 19.5 Å². The van der Waals surface area contributed by atoms with E-state index in [9.17, 15) is 10.1 Å². The Balaban J connectivity index is 2.51. The Morgan fingerprint density at radius 2 is 2.12 bits per heavy atom. The first kappa shape index (κ1) is 19.8. The van der Waals surface area contributed by atoms with Gasteiger partial charge >= 0.3 is 5.97 Å². The summed E-state index contributed by atoms with van der Waals surface area (Å²) < 4.78 is 10.7. The summed E-state index contributed by atoms with van der Waals surface area (Å²) in [6.07, 6.45) is 3.40. The average molecular weight is 370 g/mol. The van der Waals surface area contributed by atoms with Crippen LogP contribution in [0.3, 0.4) is 0 Å². The van der Waals surface area contributed by atoms with Gasteiger partial charge in [-0.2, -0.15) is 5.26 Å². The highest BCUT2D eigenvalue weighted by atomic mass is 32.2. The molecule has 0 bridgehead atoms. The van der Waals surface area contributed by atoms with E-state index in [1.165, 1.54) is 17.8 Å². The number of nitrogens with zero attached hydrogens (tertiary/aromatic N) is 2. The smallest absolute Gasteiger partial charge is 0.336 e. The molecule has 6 heteroatoms. The Morgan fingerprint density at radius 1 is 1.42 bits per heavy atom. The van der Waals surface area contributed by atoms with E-state index in [1.807, 2.05) is 37.4 Å². The predicted molar refractivity (Wildman–Crippen MR) is 104 cm³/mol. The van der Waals surface area contributed by atoms with Crippen molar-refractivity contribution in [3.8, 4) is 11.8 Å². The van der Waals surface area contributed by atoms with Gasteiger partial charge in [-0.25, -0.2) is 9.79 Å². The largest absolute Gasteiger partial charge is 0.494 e. The normalized spacial score (nSPS) is 19.4. The van der Waals surface area contributed by atoms with Crippen LogP contribution in [0.15, 0.2) is 53.2 Å². The van der Waals surface area contributed by atoms with Gasteiger partial charge in [0.15, 0.2) is 0 Å². The summed E-state index contributed by atoms with van der Waals surface area (Å²) in [6.45, 7) is 7.95. The lowest BCUT2D eigenvalue weighted by Gasteiger charge is -2.29. The van der Waals surface area contributed by atoms with Gasteiger partial charge < -0.3 is 9.47 Å². The molecule has 2 atom stereocenters. The van der Waals surface area contributed by atoms with E-state index in [-0.39, 0.29) is 6.61 Å². The van der Waals surface area contributed by atoms with Gasteiger partial charge in [-0.05, 0) is 37.8 Å². The fourth-order valence-corrected chi connectivity index (χ4v) is 3.59. The highest BCUT2D eigenvalue weighted by molar-refractivity contribution is 8.13. The first-order valence-corrected chi connectivity index (χ1v) is 9.53. The first-order chi connectivity index (χ1) is 12.6. The van der Waals surface area contributed by atoms with E-state index >= 15 is 0 Å². The van der Waals surface area contributed by atoms with Gasteiger partial charge in [0, 0.05) is 11.6 Å². The standard InChI is InChI=1S/C20H22N2O3S/c1-5-11-25-20(23)17-13(3)22-19(26-4)16(12-21)18(17)14-7-9-15(10-8-14)24-6-2/h5,7-10,16,18H,1,6,11H2,2-4H3/t16?,18-/m1/s1. The number of thioether (sulfide) groups is 1. The van der Waals surface area contributed by atoms with Crippen molar-refractivity contribution in [2.24, 2.45) is 10.9 Å². The third-order valence-electron chi connectivity index (χ3n) is 4.03. The van der Waals surface area contributed by atoms with Crippen molar-refractivity contribution in [3.63, 3.8) is 0 Å². The fraction of sp³-hybridized carbons (Fsp3) is 0.350. The molecule has 1 unspecified atom stereocenters. The Morgan fingerprint density at radius 3 is 2.65 bits per heavy atom. The van der Waals surface area contributed by atoms with E-state index in [2.05, 4.69) is 17.6 Å². The molecule has 26 heavy (non-hydrogen) atoms. The number of rotatable bonds is 6. The van der Waals surface area contributed by atoms with Crippen LogP contribution in [0.5, 0.6) is 5.75 Å². The number of ether oxygens (including phenoxy) is 2. The lowest BCUT2D eigenvalue weighted by atomic mass is 9.79. The number of hydrogen-bond acceptors (Lipinski definition) is 6. The average Bonchev–Trinajstić information content (AvgIpc) is 2.66. The van der Waals surface area contributed by atoms with Gasteiger partial charge in [0.2, 0.25) is 0 Å². The quantitative estimate of drug-likeness (QED) is 0.557. The molecular formula is C20H22N2O3S. The summed E-state index contributed by atoms with van der Waals surface area (Å²) >= 11 is 1.42. The van der Waals surface area contributed by atoms with Gasteiger partial charge in [-0.3, -0.25) is 0 Å². The van der Waals surface area contributed by atoms with Crippen LogP contribution in [0.2, 0.25) is 0 Å². The van der Waals surface area contributed by atoms with Crippen molar-refractivity contribution in [1.82, 2.24) is 0 Å². The zero-order chi connectivity index (χ0) is 19.1. The van der Waals surface area contributed by atoms with Crippen molar-refractivity contribution >= 4 is 22.8 Å². The molecule has 1 aliphatic rings. The van der Waals surface area contributed by atoms with Crippen LogP contribution >= 0.6 is 11.8 Å². The number of allylic oxidation sites excluding steroid dienone is 1. The van der Waals surface area contributed by atoms with Crippen molar-refractivity contribution in [3.05, 3.63) is 53.8 Å². The van der Waals surface area contributed by atoms with Crippen LogP contribution in [0.4, 0.5) is 0 Å². The number of carbonyl (C=O) groups is 1. The van der Waals surface area contributed by atoms with E-state index in [4.69, 9.17) is 9.47 Å². The zero-order valence-electron chi connectivity index (χ0n) is 15.2. The molecule has 0 saturated carbocycles. The Hall–Kier alpha value is -2.52. The van der Waals surface area contributed by atoms with Gasteiger partial charge in [-0.15, -0.1) is 11.8 Å². The van der Waals surface area contributed by atoms with Crippen LogP contribution < -0.4 is 4.74 Å². The second-order valence-electron chi connectivity index (χ2n) is 5.63. The van der Waals surface area contributed by atoms with Crippen LogP contribution in [-0.2, 0) is 9.53 Å². The molecule has 0 aliphatic carbocycles. The molecule has 5 nitrogen and oxygen atoms in total. The Labute approximate surface area is 158 Å². The summed E-state index contributed by atoms with van der Waals surface area (Å²) in [7, 11) is 0. The van der Waals surface area contributed by atoms with Crippen molar-refractivity contribution in [2.45, 2.75) is 19.8 Å². The maximum absolute atomic E-state index is 12.6. The second-order valence-corrected chi connectivity index (χ2v) is 6.45. The predicted octanol–water partition coefficient (Wildman–Crippen LogP) is 4.09. The molecule has 0 spiro atoms. The van der Waals surface area contributed by atoms with Crippen molar-refractivity contribution in [1.29, 1.82) is 5.26 Å². The summed E-state index contributed by atoms with van der Waals surface area (Å²) in [5, 5.41) is 10.5. The summed E-state index contributed by atoms with van der Waals surface area (Å²) in [6, 6.07) is 9.78. The maximum atomic E-state index is 12.6. The molecule has 0 N–H and O–H groups in total. The van der Waals surface area contributed by atoms with Crippen LogP contribution in [0, 0.1) is 17.2 Å². The van der Waals surface area contributed by atoms with E-state index < -0.39 is 17.8 Å². The van der Waals surface area contributed by atoms with Gasteiger partial charge in [0.25, 0.3) is 0 Å². The summed E-state index contributed by atoms with van der Waals surface area (Å²) in [5.74, 6) is -0.702. The topological polar surface area (TPSA) is 71.7 Å². The SMILES string of the molecule is C=CCOC(=O)C1=C(C)N=C(SC)C(C#N)[C@H]1c1ccc(OCC)cc1. The number of benzene rings is 1. The Kier molecular flexibility index (Phi) is 7.05. The molecule has 1 aromatic rings. The van der Waals surface area contributed by atoms with Crippen LogP contribution in [-0.4, -0.2) is 30.5 Å². The van der Waals surface area contributed by atoms with E-state index in [1.54, 1.807) is 6.92 Å². The van der Waals surface area contributed by atoms with Gasteiger partial charge in [-0.1, -0.05) is 24.8 Å². The number of carbonyl (C=O) groups excluding carboxylic acids is 1. The van der Waals surface area contributed by atoms with Gasteiger partial charge in [0.1, 0.15) is 18.3 Å². The number of hydrogen-bond donors (Lipinski definition) is 0. The van der Waals surface area contributed by atoms with Crippen molar-refractivity contribution < 1.29 is 14.3 Å². The number of esters is 1. The highest BCUT2D eigenvalue weighted by Crippen LogP contribution is 2.41. The lowest BCUT2D eigenvalue weighted by Crippen LogP contribution is -2.29. The molecule has 2 rings (SSSR count). The molecule has 0 fully saturated rings.